The molecule has 2 fully saturated rings. The number of alkyl halides is 2. The molecule has 1 aromatic rings. The highest BCUT2D eigenvalue weighted by Gasteiger charge is 2.67. The molecule has 0 radical (unpaired) electrons. The lowest BCUT2D eigenvalue weighted by Crippen LogP contribution is -2.32. The Morgan fingerprint density at radius 3 is 2.32 bits per heavy atom. The van der Waals surface area contributed by atoms with Gasteiger partial charge in [-0.2, -0.15) is 0 Å². The maximum Gasteiger partial charge on any atom is 0.229 e. The van der Waals surface area contributed by atoms with Gasteiger partial charge in [-0.05, 0) is 43.9 Å². The van der Waals surface area contributed by atoms with Crippen LogP contribution in [0.15, 0.2) is 24.3 Å². The van der Waals surface area contributed by atoms with Crippen LogP contribution in [-0.2, 0) is 16.1 Å². The van der Waals surface area contributed by atoms with Crippen LogP contribution in [0, 0.1) is 11.3 Å². The van der Waals surface area contributed by atoms with Gasteiger partial charge in [0.05, 0.1) is 5.41 Å². The first kappa shape index (κ1) is 15.6. The SMILES string of the molecule is C[C@@]1(C(=O)NCc2ccc(NC(=O)C3CC3)cc2)CC1(Cl)Cl. The number of hydrogen-bond donors (Lipinski definition) is 2. The van der Waals surface area contributed by atoms with Crippen LogP contribution in [-0.4, -0.2) is 16.1 Å². The fourth-order valence-corrected chi connectivity index (χ4v) is 3.03. The van der Waals surface area contributed by atoms with Gasteiger partial charge in [0.25, 0.3) is 0 Å². The molecule has 0 spiro atoms. The minimum Gasteiger partial charge on any atom is -0.351 e. The van der Waals surface area contributed by atoms with Gasteiger partial charge in [0.15, 0.2) is 0 Å². The van der Waals surface area contributed by atoms with Crippen LogP contribution < -0.4 is 10.6 Å². The zero-order valence-corrected chi connectivity index (χ0v) is 13.8. The van der Waals surface area contributed by atoms with E-state index in [0.29, 0.717) is 13.0 Å². The largest absolute Gasteiger partial charge is 0.351 e. The third-order valence-electron chi connectivity index (χ3n) is 4.38. The predicted octanol–water partition coefficient (Wildman–Crippen LogP) is 3.24. The van der Waals surface area contributed by atoms with Crippen LogP contribution >= 0.6 is 23.2 Å². The normalized spacial score (nSPS) is 25.4. The van der Waals surface area contributed by atoms with Crippen LogP contribution in [0.1, 0.15) is 31.7 Å². The molecular weight excluding hydrogens is 323 g/mol. The van der Waals surface area contributed by atoms with Gasteiger partial charge in [-0.1, -0.05) is 12.1 Å². The summed E-state index contributed by atoms with van der Waals surface area (Å²) in [5.74, 6) is 0.136. The van der Waals surface area contributed by atoms with Crippen LogP contribution in [0.4, 0.5) is 5.69 Å². The highest BCUT2D eigenvalue weighted by Crippen LogP contribution is 2.63. The van der Waals surface area contributed by atoms with Crippen LogP contribution in [0.3, 0.4) is 0 Å². The second-order valence-corrected chi connectivity index (χ2v) is 7.84. The lowest BCUT2D eigenvalue weighted by Gasteiger charge is -2.13. The van der Waals surface area contributed by atoms with Gasteiger partial charge in [-0.25, -0.2) is 0 Å². The van der Waals surface area contributed by atoms with Crippen molar-refractivity contribution in [3.63, 3.8) is 0 Å². The molecule has 1 aromatic carbocycles. The van der Waals surface area contributed by atoms with Crippen LogP contribution in [0.25, 0.3) is 0 Å². The maximum absolute atomic E-state index is 12.1. The quantitative estimate of drug-likeness (QED) is 0.808. The molecule has 3 rings (SSSR count). The van der Waals surface area contributed by atoms with Crippen molar-refractivity contribution in [1.82, 2.24) is 5.32 Å². The van der Waals surface area contributed by atoms with E-state index in [1.165, 1.54) is 0 Å². The molecule has 2 saturated carbocycles. The number of halogens is 2. The number of amides is 2. The van der Waals surface area contributed by atoms with Crippen LogP contribution in [0.5, 0.6) is 0 Å². The van der Waals surface area contributed by atoms with Gasteiger partial charge < -0.3 is 10.6 Å². The molecule has 0 saturated heterocycles. The fraction of sp³-hybridized carbons (Fsp3) is 0.500. The lowest BCUT2D eigenvalue weighted by atomic mass is 10.1. The van der Waals surface area contributed by atoms with E-state index >= 15 is 0 Å². The molecule has 4 nitrogen and oxygen atoms in total. The van der Waals surface area contributed by atoms with Crippen molar-refractivity contribution in [1.29, 1.82) is 0 Å². The van der Waals surface area contributed by atoms with Crippen molar-refractivity contribution in [2.45, 2.75) is 37.1 Å². The first-order valence-electron chi connectivity index (χ1n) is 7.38. The zero-order valence-electron chi connectivity index (χ0n) is 12.3. The van der Waals surface area contributed by atoms with Crippen LogP contribution in [0.2, 0.25) is 0 Å². The molecule has 2 aliphatic carbocycles. The van der Waals surface area contributed by atoms with Crippen molar-refractivity contribution in [3.8, 4) is 0 Å². The van der Waals surface area contributed by atoms with Gasteiger partial charge in [0.2, 0.25) is 11.8 Å². The first-order valence-corrected chi connectivity index (χ1v) is 8.13. The van der Waals surface area contributed by atoms with Crippen molar-refractivity contribution < 1.29 is 9.59 Å². The van der Waals surface area contributed by atoms with E-state index in [0.717, 1.165) is 24.1 Å². The smallest absolute Gasteiger partial charge is 0.229 e. The van der Waals surface area contributed by atoms with E-state index in [2.05, 4.69) is 10.6 Å². The van der Waals surface area contributed by atoms with E-state index in [4.69, 9.17) is 23.2 Å². The summed E-state index contributed by atoms with van der Waals surface area (Å²) < 4.78 is -0.950. The predicted molar refractivity (Wildman–Crippen MR) is 86.8 cm³/mol. The summed E-state index contributed by atoms with van der Waals surface area (Å²) in [6.07, 6.45) is 2.44. The Bertz CT molecular complexity index is 611. The van der Waals surface area contributed by atoms with E-state index in [1.807, 2.05) is 24.3 Å². The third-order valence-corrected chi connectivity index (χ3v) is 5.48. The minimum absolute atomic E-state index is 0.0864. The Balaban J connectivity index is 1.51. The van der Waals surface area contributed by atoms with Crippen molar-refractivity contribution in [2.24, 2.45) is 11.3 Å². The second-order valence-electron chi connectivity index (χ2n) is 6.36. The average molecular weight is 341 g/mol. The maximum atomic E-state index is 12.1. The molecule has 2 amide bonds. The van der Waals surface area contributed by atoms with Gasteiger partial charge >= 0.3 is 0 Å². The zero-order chi connectivity index (χ0) is 16.0. The number of nitrogens with one attached hydrogen (secondary N) is 2. The Labute approximate surface area is 139 Å². The summed E-state index contributed by atoms with van der Waals surface area (Å²) >= 11 is 12.0. The number of carbonyl (C=O) groups excluding carboxylic acids is 2. The molecule has 118 valence electrons. The molecule has 0 heterocycles. The molecule has 2 aliphatic rings. The van der Waals surface area contributed by atoms with Gasteiger partial charge in [-0.3, -0.25) is 9.59 Å². The first-order chi connectivity index (χ1) is 10.3. The monoisotopic (exact) mass is 340 g/mol. The molecule has 1 atom stereocenters. The molecule has 0 aliphatic heterocycles. The number of rotatable bonds is 5. The number of carbonyl (C=O) groups is 2. The number of hydrogen-bond acceptors (Lipinski definition) is 2. The van der Waals surface area contributed by atoms with Crippen molar-refractivity contribution in [3.05, 3.63) is 29.8 Å². The standard InChI is InChI=1S/C16H18Cl2N2O2/c1-15(9-16(15,17)18)14(22)19-8-10-2-6-12(7-3-10)20-13(21)11-4-5-11/h2-3,6-7,11H,4-5,8-9H2,1H3,(H,19,22)(H,20,21)/t15-/m0/s1. The Morgan fingerprint density at radius 2 is 1.82 bits per heavy atom. The summed E-state index contributed by atoms with van der Waals surface area (Å²) in [4.78, 5) is 23.7. The summed E-state index contributed by atoms with van der Waals surface area (Å²) in [6, 6.07) is 7.45. The third kappa shape index (κ3) is 3.08. The number of benzene rings is 1. The summed E-state index contributed by atoms with van der Waals surface area (Å²) in [5, 5.41) is 5.73. The summed E-state index contributed by atoms with van der Waals surface area (Å²) in [6.45, 7) is 2.17. The molecule has 0 aromatic heterocycles. The van der Waals surface area contributed by atoms with Gasteiger partial charge in [-0.15, -0.1) is 23.2 Å². The molecular formula is C16H18Cl2N2O2. The Hall–Kier alpha value is -1.26. The minimum atomic E-state index is -0.950. The van der Waals surface area contributed by atoms with E-state index in [9.17, 15) is 9.59 Å². The Morgan fingerprint density at radius 1 is 1.23 bits per heavy atom. The van der Waals surface area contributed by atoms with Gasteiger partial charge in [0, 0.05) is 18.2 Å². The molecule has 22 heavy (non-hydrogen) atoms. The molecule has 0 unspecified atom stereocenters. The molecule has 6 heteroatoms. The molecule has 2 N–H and O–H groups in total. The average Bonchev–Trinajstić information content (AvgIpc) is 3.36. The van der Waals surface area contributed by atoms with Gasteiger partial charge in [0.1, 0.15) is 4.33 Å². The van der Waals surface area contributed by atoms with E-state index in [1.54, 1.807) is 6.92 Å². The van der Waals surface area contributed by atoms with E-state index in [-0.39, 0.29) is 17.7 Å². The summed E-state index contributed by atoms with van der Waals surface area (Å²) in [7, 11) is 0. The Kier molecular flexibility index (Phi) is 3.86. The topological polar surface area (TPSA) is 58.2 Å². The van der Waals surface area contributed by atoms with Crippen molar-refractivity contribution in [2.75, 3.05) is 5.32 Å². The summed E-state index contributed by atoms with van der Waals surface area (Å²) in [5.41, 5.74) is 1.03. The van der Waals surface area contributed by atoms with Crippen molar-refractivity contribution >= 4 is 40.7 Å². The highest BCUT2D eigenvalue weighted by molar-refractivity contribution is 6.53. The molecule has 0 bridgehead atoms. The highest BCUT2D eigenvalue weighted by atomic mass is 35.5. The lowest BCUT2D eigenvalue weighted by molar-refractivity contribution is -0.126. The second kappa shape index (κ2) is 5.43. The fourth-order valence-electron chi connectivity index (χ4n) is 2.32. The number of anilines is 1. The van der Waals surface area contributed by atoms with E-state index < -0.39 is 9.75 Å².